The average Bonchev–Trinajstić information content (AvgIpc) is 2.08. The van der Waals surface area contributed by atoms with Crippen LogP contribution in [0.15, 0.2) is 18.2 Å². The minimum Gasteiger partial charge on any atom is -0.312 e. The van der Waals surface area contributed by atoms with E-state index in [9.17, 15) is 0 Å². The molecular formula is C9H9ClN2. The minimum atomic E-state index is -0.555. The first kappa shape index (κ1) is 9.05. The summed E-state index contributed by atoms with van der Waals surface area (Å²) in [5, 5.41) is 9.24. The molecule has 0 heterocycles. The van der Waals surface area contributed by atoms with Crippen LogP contribution >= 0.6 is 11.6 Å². The maximum Gasteiger partial charge on any atom is 0.118 e. The van der Waals surface area contributed by atoms with Gasteiger partial charge in [-0.1, -0.05) is 23.7 Å². The van der Waals surface area contributed by atoms with Crippen molar-refractivity contribution < 1.29 is 0 Å². The molecule has 0 aliphatic carbocycles. The van der Waals surface area contributed by atoms with Gasteiger partial charge in [0, 0.05) is 5.02 Å². The summed E-state index contributed by atoms with van der Waals surface area (Å²) < 4.78 is 0. The molecule has 1 aromatic carbocycles. The van der Waals surface area contributed by atoms with Gasteiger partial charge in [0.25, 0.3) is 0 Å². The monoisotopic (exact) mass is 180 g/mol. The highest BCUT2D eigenvalue weighted by molar-refractivity contribution is 6.31. The van der Waals surface area contributed by atoms with Gasteiger partial charge in [-0.25, -0.2) is 0 Å². The van der Waals surface area contributed by atoms with E-state index in [1.807, 2.05) is 19.1 Å². The number of nitrogens with two attached hydrogens (primary N) is 1. The van der Waals surface area contributed by atoms with Gasteiger partial charge in [-0.05, 0) is 24.1 Å². The fourth-order valence-corrected chi connectivity index (χ4v) is 1.05. The first-order valence-electron chi connectivity index (χ1n) is 3.56. The van der Waals surface area contributed by atoms with Crippen LogP contribution in [-0.4, -0.2) is 0 Å². The molecule has 1 atom stereocenters. The van der Waals surface area contributed by atoms with Gasteiger partial charge in [0.15, 0.2) is 0 Å². The number of hydrogen-bond donors (Lipinski definition) is 1. The molecule has 12 heavy (non-hydrogen) atoms. The molecule has 1 rings (SSSR count). The number of hydrogen-bond acceptors (Lipinski definition) is 2. The van der Waals surface area contributed by atoms with Crippen molar-refractivity contribution >= 4 is 11.6 Å². The van der Waals surface area contributed by atoms with E-state index in [2.05, 4.69) is 0 Å². The van der Waals surface area contributed by atoms with Gasteiger partial charge < -0.3 is 5.73 Å². The third kappa shape index (κ3) is 1.76. The largest absolute Gasteiger partial charge is 0.312 e. The van der Waals surface area contributed by atoms with E-state index in [1.165, 1.54) is 0 Å². The summed E-state index contributed by atoms with van der Waals surface area (Å²) in [6.07, 6.45) is 0. The lowest BCUT2D eigenvalue weighted by atomic mass is 10.1. The van der Waals surface area contributed by atoms with Crippen molar-refractivity contribution in [1.82, 2.24) is 0 Å². The average molecular weight is 181 g/mol. The van der Waals surface area contributed by atoms with Gasteiger partial charge in [-0.2, -0.15) is 5.26 Å². The van der Waals surface area contributed by atoms with E-state index in [1.54, 1.807) is 12.1 Å². The van der Waals surface area contributed by atoms with Gasteiger partial charge >= 0.3 is 0 Å². The Morgan fingerprint density at radius 3 is 2.75 bits per heavy atom. The van der Waals surface area contributed by atoms with Crippen LogP contribution < -0.4 is 5.73 Å². The maximum absolute atomic E-state index is 8.54. The zero-order valence-electron chi connectivity index (χ0n) is 6.71. The standard InChI is InChI=1S/C9H9ClN2/c1-6-4-7(9(12)5-11)2-3-8(6)10/h2-4,9H,12H2,1H3/t9-/m1/s1. The third-order valence-electron chi connectivity index (χ3n) is 1.68. The predicted molar refractivity (Wildman–Crippen MR) is 48.7 cm³/mol. The van der Waals surface area contributed by atoms with E-state index in [0.29, 0.717) is 5.02 Å². The van der Waals surface area contributed by atoms with Gasteiger partial charge in [0.2, 0.25) is 0 Å². The summed E-state index contributed by atoms with van der Waals surface area (Å²) >= 11 is 5.80. The molecule has 0 radical (unpaired) electrons. The smallest absolute Gasteiger partial charge is 0.118 e. The Morgan fingerprint density at radius 2 is 2.25 bits per heavy atom. The minimum absolute atomic E-state index is 0.555. The molecule has 0 unspecified atom stereocenters. The molecule has 0 amide bonds. The molecule has 0 spiro atoms. The van der Waals surface area contributed by atoms with E-state index >= 15 is 0 Å². The molecule has 0 aliphatic rings. The summed E-state index contributed by atoms with van der Waals surface area (Å²) in [4.78, 5) is 0. The van der Waals surface area contributed by atoms with Crippen LogP contribution in [0.2, 0.25) is 5.02 Å². The van der Waals surface area contributed by atoms with Gasteiger partial charge in [-0.15, -0.1) is 0 Å². The number of benzene rings is 1. The number of nitriles is 1. The van der Waals surface area contributed by atoms with Gasteiger partial charge in [-0.3, -0.25) is 0 Å². The zero-order chi connectivity index (χ0) is 9.14. The van der Waals surface area contributed by atoms with E-state index in [0.717, 1.165) is 11.1 Å². The topological polar surface area (TPSA) is 49.8 Å². The number of aryl methyl sites for hydroxylation is 1. The first-order valence-corrected chi connectivity index (χ1v) is 3.94. The highest BCUT2D eigenvalue weighted by Crippen LogP contribution is 2.19. The van der Waals surface area contributed by atoms with Crippen molar-refractivity contribution in [2.45, 2.75) is 13.0 Å². The Balaban J connectivity index is 3.06. The summed E-state index contributed by atoms with van der Waals surface area (Å²) in [5.41, 5.74) is 7.26. The molecule has 2 N–H and O–H groups in total. The number of rotatable bonds is 1. The van der Waals surface area contributed by atoms with Crippen molar-refractivity contribution in [2.75, 3.05) is 0 Å². The summed E-state index contributed by atoms with van der Waals surface area (Å²) in [7, 11) is 0. The van der Waals surface area contributed by atoms with E-state index in [4.69, 9.17) is 22.6 Å². The summed E-state index contributed by atoms with van der Waals surface area (Å²) in [5.74, 6) is 0. The van der Waals surface area contributed by atoms with Gasteiger partial charge in [0.05, 0.1) is 6.07 Å². The third-order valence-corrected chi connectivity index (χ3v) is 2.10. The summed E-state index contributed by atoms with van der Waals surface area (Å²) in [6.45, 7) is 1.88. The van der Waals surface area contributed by atoms with E-state index in [-0.39, 0.29) is 0 Å². The molecule has 2 nitrogen and oxygen atoms in total. The molecule has 0 bridgehead atoms. The van der Waals surface area contributed by atoms with Crippen LogP contribution in [0.25, 0.3) is 0 Å². The Morgan fingerprint density at radius 1 is 1.58 bits per heavy atom. The zero-order valence-corrected chi connectivity index (χ0v) is 7.47. The lowest BCUT2D eigenvalue weighted by Gasteiger charge is -2.04. The first-order chi connectivity index (χ1) is 5.65. The molecular weight excluding hydrogens is 172 g/mol. The van der Waals surface area contributed by atoms with Crippen molar-refractivity contribution in [3.05, 3.63) is 34.3 Å². The molecule has 0 saturated heterocycles. The van der Waals surface area contributed by atoms with Crippen LogP contribution in [-0.2, 0) is 0 Å². The van der Waals surface area contributed by atoms with E-state index < -0.39 is 6.04 Å². The maximum atomic E-state index is 8.54. The lowest BCUT2D eigenvalue weighted by molar-refractivity contribution is 0.924. The number of halogens is 1. The highest BCUT2D eigenvalue weighted by atomic mass is 35.5. The van der Waals surface area contributed by atoms with Gasteiger partial charge in [0.1, 0.15) is 6.04 Å². The predicted octanol–water partition coefficient (Wildman–Crippen LogP) is 2.17. The van der Waals surface area contributed by atoms with Crippen molar-refractivity contribution in [1.29, 1.82) is 5.26 Å². The normalized spacial score (nSPS) is 12.2. The van der Waals surface area contributed by atoms with Crippen LogP contribution in [0.1, 0.15) is 17.2 Å². The van der Waals surface area contributed by atoms with Crippen LogP contribution in [0, 0.1) is 18.3 Å². The molecule has 0 aliphatic heterocycles. The molecule has 0 saturated carbocycles. The fraction of sp³-hybridized carbons (Fsp3) is 0.222. The fourth-order valence-electron chi connectivity index (χ4n) is 0.936. The Kier molecular flexibility index (Phi) is 2.69. The molecule has 3 heteroatoms. The lowest BCUT2D eigenvalue weighted by Crippen LogP contribution is -2.07. The van der Waals surface area contributed by atoms with Crippen molar-refractivity contribution in [3.8, 4) is 6.07 Å². The number of nitrogens with zero attached hydrogens (tertiary/aromatic N) is 1. The quantitative estimate of drug-likeness (QED) is 0.720. The molecule has 0 aromatic heterocycles. The second kappa shape index (κ2) is 3.57. The van der Waals surface area contributed by atoms with Crippen LogP contribution in [0.4, 0.5) is 0 Å². The van der Waals surface area contributed by atoms with Crippen LogP contribution in [0.5, 0.6) is 0 Å². The van der Waals surface area contributed by atoms with Crippen molar-refractivity contribution in [3.63, 3.8) is 0 Å². The second-order valence-electron chi connectivity index (χ2n) is 2.62. The molecule has 1 aromatic rings. The van der Waals surface area contributed by atoms with Crippen molar-refractivity contribution in [2.24, 2.45) is 5.73 Å². The van der Waals surface area contributed by atoms with Crippen LogP contribution in [0.3, 0.4) is 0 Å². The second-order valence-corrected chi connectivity index (χ2v) is 3.02. The Bertz CT molecular complexity index is 328. The molecule has 62 valence electrons. The Labute approximate surface area is 76.6 Å². The highest BCUT2D eigenvalue weighted by Gasteiger charge is 2.04. The summed E-state index contributed by atoms with van der Waals surface area (Å²) in [6, 6.07) is 6.76. The molecule has 0 fully saturated rings. The Hall–Kier alpha value is -1.04. The SMILES string of the molecule is Cc1cc([C@H](N)C#N)ccc1Cl.